The van der Waals surface area contributed by atoms with Gasteiger partial charge >= 0.3 is 0 Å². The molecule has 2 nitrogen and oxygen atoms in total. The van der Waals surface area contributed by atoms with Crippen molar-refractivity contribution in [3.05, 3.63) is 35.4 Å². The lowest BCUT2D eigenvalue weighted by molar-refractivity contribution is 0.0110. The Bertz CT molecular complexity index is 344. The van der Waals surface area contributed by atoms with Gasteiger partial charge in [0.15, 0.2) is 6.23 Å². The number of ether oxygens (including phenoxy) is 1. The molecule has 0 aromatic heterocycles. The van der Waals surface area contributed by atoms with Crippen LogP contribution in [-0.4, -0.2) is 12.3 Å². The third-order valence-corrected chi connectivity index (χ3v) is 2.27. The fraction of sp³-hybridized carbons (Fsp3) is 0.417. The quantitative estimate of drug-likeness (QED) is 0.701. The monoisotopic (exact) mass is 189 g/mol. The number of aliphatic imine (C=N–C) groups is 1. The molecular weight excluding hydrogens is 174 g/mol. The molecule has 1 aliphatic heterocycles. The molecule has 0 saturated heterocycles. The van der Waals surface area contributed by atoms with Crippen molar-refractivity contribution in [3.63, 3.8) is 0 Å². The number of nitrogens with zero attached hydrogens (tertiary/aromatic N) is 1. The van der Waals surface area contributed by atoms with E-state index in [9.17, 15) is 0 Å². The number of hydrogen-bond acceptors (Lipinski definition) is 2. The van der Waals surface area contributed by atoms with Gasteiger partial charge in [-0.2, -0.15) is 0 Å². The fourth-order valence-corrected chi connectivity index (χ4v) is 1.65. The van der Waals surface area contributed by atoms with Crippen LogP contribution in [0.15, 0.2) is 29.3 Å². The first kappa shape index (κ1) is 9.41. The number of benzene rings is 1. The van der Waals surface area contributed by atoms with Crippen LogP contribution in [-0.2, 0) is 11.2 Å². The van der Waals surface area contributed by atoms with E-state index in [1.165, 1.54) is 11.1 Å². The minimum Gasteiger partial charge on any atom is -0.350 e. The molecule has 1 heterocycles. The first-order valence-corrected chi connectivity index (χ1v) is 5.02. The minimum atomic E-state index is -0.0973. The van der Waals surface area contributed by atoms with E-state index in [2.05, 4.69) is 23.2 Å². The van der Waals surface area contributed by atoms with Crippen LogP contribution < -0.4 is 0 Å². The maximum atomic E-state index is 5.72. The highest BCUT2D eigenvalue weighted by molar-refractivity contribution is 5.65. The highest BCUT2D eigenvalue weighted by Gasteiger charge is 2.17. The Hall–Kier alpha value is -1.15. The molecule has 0 fully saturated rings. The summed E-state index contributed by atoms with van der Waals surface area (Å²) in [7, 11) is 0. The number of rotatable bonds is 2. The predicted molar refractivity (Wildman–Crippen MR) is 57.6 cm³/mol. The lowest BCUT2D eigenvalue weighted by Gasteiger charge is -2.22. The van der Waals surface area contributed by atoms with Crippen molar-refractivity contribution < 1.29 is 4.74 Å². The molecule has 2 rings (SSSR count). The lowest BCUT2D eigenvalue weighted by atomic mass is 10.0. The van der Waals surface area contributed by atoms with E-state index in [0.717, 1.165) is 6.42 Å². The molecule has 2 heteroatoms. The first-order chi connectivity index (χ1) is 6.77. The molecule has 0 N–H and O–H groups in total. The second-order valence-electron chi connectivity index (χ2n) is 3.77. The molecule has 14 heavy (non-hydrogen) atoms. The van der Waals surface area contributed by atoms with E-state index in [-0.39, 0.29) is 12.3 Å². The van der Waals surface area contributed by atoms with Crippen LogP contribution in [0.2, 0.25) is 0 Å². The molecule has 0 saturated carbocycles. The van der Waals surface area contributed by atoms with Crippen LogP contribution >= 0.6 is 0 Å². The van der Waals surface area contributed by atoms with Gasteiger partial charge < -0.3 is 4.74 Å². The van der Waals surface area contributed by atoms with Gasteiger partial charge in [0, 0.05) is 18.2 Å². The van der Waals surface area contributed by atoms with Gasteiger partial charge in [0.1, 0.15) is 0 Å². The fourth-order valence-electron chi connectivity index (χ4n) is 1.65. The molecule has 74 valence electrons. The van der Waals surface area contributed by atoms with Crippen LogP contribution in [0.4, 0.5) is 0 Å². The zero-order valence-corrected chi connectivity index (χ0v) is 8.60. The van der Waals surface area contributed by atoms with Gasteiger partial charge in [-0.3, -0.25) is 4.99 Å². The summed E-state index contributed by atoms with van der Waals surface area (Å²) in [6.45, 7) is 4.07. The summed E-state index contributed by atoms with van der Waals surface area (Å²) in [5, 5.41) is 0. The number of fused-ring (bicyclic) bond motifs is 1. The average molecular weight is 189 g/mol. The molecule has 1 aromatic carbocycles. The molecule has 0 spiro atoms. The average Bonchev–Trinajstić information content (AvgIpc) is 2.18. The van der Waals surface area contributed by atoms with Crippen LogP contribution in [0.1, 0.15) is 31.2 Å². The predicted octanol–water partition coefficient (Wildman–Crippen LogP) is 2.74. The summed E-state index contributed by atoms with van der Waals surface area (Å²) in [4.78, 5) is 4.36. The normalized spacial score (nSPS) is 19.8. The number of hydrogen-bond donors (Lipinski definition) is 0. The maximum Gasteiger partial charge on any atom is 0.174 e. The van der Waals surface area contributed by atoms with Crippen molar-refractivity contribution in [2.24, 2.45) is 4.99 Å². The molecule has 1 unspecified atom stereocenters. The smallest absolute Gasteiger partial charge is 0.174 e. The molecule has 1 aliphatic rings. The van der Waals surface area contributed by atoms with Crippen molar-refractivity contribution in [3.8, 4) is 0 Å². The Morgan fingerprint density at radius 2 is 2.14 bits per heavy atom. The minimum absolute atomic E-state index is 0.0973. The molecule has 0 bridgehead atoms. The van der Waals surface area contributed by atoms with E-state index < -0.39 is 0 Å². The summed E-state index contributed by atoms with van der Waals surface area (Å²) >= 11 is 0. The Labute approximate surface area is 84.6 Å². The van der Waals surface area contributed by atoms with E-state index in [0.29, 0.717) is 0 Å². The van der Waals surface area contributed by atoms with E-state index >= 15 is 0 Å². The Balaban J connectivity index is 2.26. The van der Waals surface area contributed by atoms with Gasteiger partial charge in [0.2, 0.25) is 0 Å². The zero-order valence-electron chi connectivity index (χ0n) is 8.60. The highest BCUT2D eigenvalue weighted by Crippen LogP contribution is 2.27. The molecule has 0 amide bonds. The van der Waals surface area contributed by atoms with Gasteiger partial charge in [0.05, 0.1) is 6.10 Å². The van der Waals surface area contributed by atoms with Gasteiger partial charge in [-0.1, -0.05) is 24.3 Å². The second kappa shape index (κ2) is 3.93. The third kappa shape index (κ3) is 1.85. The van der Waals surface area contributed by atoms with E-state index in [1.54, 1.807) is 0 Å². The van der Waals surface area contributed by atoms with Crippen molar-refractivity contribution in [1.82, 2.24) is 0 Å². The summed E-state index contributed by atoms with van der Waals surface area (Å²) in [6, 6.07) is 8.33. The highest BCUT2D eigenvalue weighted by atomic mass is 16.5. The van der Waals surface area contributed by atoms with Crippen molar-refractivity contribution in [2.45, 2.75) is 32.6 Å². The summed E-state index contributed by atoms with van der Waals surface area (Å²) in [6.07, 6.45) is 2.98. The van der Waals surface area contributed by atoms with Gasteiger partial charge in [-0.15, -0.1) is 0 Å². The summed E-state index contributed by atoms with van der Waals surface area (Å²) in [5.74, 6) is 0. The van der Waals surface area contributed by atoms with Crippen molar-refractivity contribution in [2.75, 3.05) is 0 Å². The molecule has 0 aliphatic carbocycles. The maximum absolute atomic E-state index is 5.72. The summed E-state index contributed by atoms with van der Waals surface area (Å²) < 4.78 is 5.72. The molecule has 1 aromatic rings. The van der Waals surface area contributed by atoms with Crippen molar-refractivity contribution >= 4 is 6.21 Å². The third-order valence-electron chi connectivity index (χ3n) is 2.27. The SMILES string of the molecule is CC(C)OC1N=CCc2ccccc21. The summed E-state index contributed by atoms with van der Waals surface area (Å²) in [5.41, 5.74) is 2.54. The van der Waals surface area contributed by atoms with Gasteiger partial charge in [-0.25, -0.2) is 0 Å². The van der Waals surface area contributed by atoms with Crippen LogP contribution in [0.3, 0.4) is 0 Å². The van der Waals surface area contributed by atoms with E-state index in [1.807, 2.05) is 26.1 Å². The van der Waals surface area contributed by atoms with Gasteiger partial charge in [0.25, 0.3) is 0 Å². The second-order valence-corrected chi connectivity index (χ2v) is 3.77. The molecule has 0 radical (unpaired) electrons. The standard InChI is InChI=1S/C12H15NO/c1-9(2)14-12-11-6-4-3-5-10(11)7-8-13-12/h3-6,8-9,12H,7H2,1-2H3. The Morgan fingerprint density at radius 3 is 2.93 bits per heavy atom. The largest absolute Gasteiger partial charge is 0.350 e. The van der Waals surface area contributed by atoms with Crippen molar-refractivity contribution in [1.29, 1.82) is 0 Å². The van der Waals surface area contributed by atoms with Crippen LogP contribution in [0, 0.1) is 0 Å². The zero-order chi connectivity index (χ0) is 9.97. The molecule has 1 atom stereocenters. The van der Waals surface area contributed by atoms with Gasteiger partial charge in [-0.05, 0) is 19.4 Å². The lowest BCUT2D eigenvalue weighted by Crippen LogP contribution is -2.14. The van der Waals surface area contributed by atoms with E-state index in [4.69, 9.17) is 4.74 Å². The van der Waals surface area contributed by atoms with Crippen LogP contribution in [0.5, 0.6) is 0 Å². The Morgan fingerprint density at radius 1 is 1.36 bits per heavy atom. The van der Waals surface area contributed by atoms with Crippen LogP contribution in [0.25, 0.3) is 0 Å². The first-order valence-electron chi connectivity index (χ1n) is 5.02. The molecular formula is C12H15NO. The topological polar surface area (TPSA) is 21.6 Å². The Kier molecular flexibility index (Phi) is 2.64.